The molecule has 0 saturated heterocycles. The molecule has 3 aromatic rings. The average molecular weight is 307 g/mol. The fourth-order valence-electron chi connectivity index (χ4n) is 2.51. The van der Waals surface area contributed by atoms with Crippen molar-refractivity contribution in [3.05, 3.63) is 71.4 Å². The summed E-state index contributed by atoms with van der Waals surface area (Å²) in [7, 11) is 1.36. The van der Waals surface area contributed by atoms with Gasteiger partial charge in [0.05, 0.1) is 18.2 Å². The zero-order chi connectivity index (χ0) is 16.2. The van der Waals surface area contributed by atoms with Crippen molar-refractivity contribution in [1.82, 2.24) is 4.98 Å². The fraction of sp³-hybridized carbons (Fsp3) is 0.158. The van der Waals surface area contributed by atoms with Gasteiger partial charge in [0.2, 0.25) is 0 Å². The Morgan fingerprint density at radius 1 is 1.09 bits per heavy atom. The van der Waals surface area contributed by atoms with Gasteiger partial charge in [-0.15, -0.1) is 0 Å². The van der Waals surface area contributed by atoms with Crippen LogP contribution in [0.4, 0.5) is 0 Å². The maximum absolute atomic E-state index is 11.6. The number of methoxy groups -OCH3 is 1. The number of aromatic nitrogens is 1. The van der Waals surface area contributed by atoms with Gasteiger partial charge in [-0.05, 0) is 37.3 Å². The summed E-state index contributed by atoms with van der Waals surface area (Å²) in [5.41, 5.74) is 3.44. The molecule has 1 aromatic heterocycles. The Hall–Kier alpha value is -2.88. The zero-order valence-corrected chi connectivity index (χ0v) is 13.1. The molecule has 0 fully saturated rings. The Morgan fingerprint density at radius 3 is 2.74 bits per heavy atom. The third-order valence-electron chi connectivity index (χ3n) is 3.58. The van der Waals surface area contributed by atoms with Crippen molar-refractivity contribution in [2.24, 2.45) is 0 Å². The predicted molar refractivity (Wildman–Crippen MR) is 88.6 cm³/mol. The van der Waals surface area contributed by atoms with Crippen molar-refractivity contribution in [3.63, 3.8) is 0 Å². The third-order valence-corrected chi connectivity index (χ3v) is 3.58. The summed E-state index contributed by atoms with van der Waals surface area (Å²) in [6.07, 6.45) is 0. The smallest absolute Gasteiger partial charge is 0.337 e. The number of rotatable bonds is 4. The van der Waals surface area contributed by atoms with E-state index in [1.54, 1.807) is 18.2 Å². The predicted octanol–water partition coefficient (Wildman–Crippen LogP) is 3.91. The minimum atomic E-state index is -0.374. The number of hydrogen-bond donors (Lipinski definition) is 0. The van der Waals surface area contributed by atoms with Gasteiger partial charge in [0, 0.05) is 16.6 Å². The fourth-order valence-corrected chi connectivity index (χ4v) is 2.51. The molecule has 1 heterocycles. The molecule has 0 amide bonds. The first kappa shape index (κ1) is 15.0. The highest BCUT2D eigenvalue weighted by molar-refractivity contribution is 5.89. The SMILES string of the molecule is COC(=O)c1cccc(OCc2cc(C)nc3ccccc23)c1. The number of benzene rings is 2. The van der Waals surface area contributed by atoms with Crippen LogP contribution in [0.2, 0.25) is 0 Å². The first-order valence-electron chi connectivity index (χ1n) is 7.34. The van der Waals surface area contributed by atoms with Crippen molar-refractivity contribution >= 4 is 16.9 Å². The van der Waals surface area contributed by atoms with E-state index < -0.39 is 0 Å². The van der Waals surface area contributed by atoms with Gasteiger partial charge >= 0.3 is 5.97 Å². The lowest BCUT2D eigenvalue weighted by atomic mass is 10.1. The van der Waals surface area contributed by atoms with Crippen LogP contribution in [0.3, 0.4) is 0 Å². The van der Waals surface area contributed by atoms with Crippen LogP contribution in [0.5, 0.6) is 5.75 Å². The molecule has 0 saturated carbocycles. The van der Waals surface area contributed by atoms with Crippen molar-refractivity contribution < 1.29 is 14.3 Å². The molecule has 0 spiro atoms. The monoisotopic (exact) mass is 307 g/mol. The number of carbonyl (C=O) groups excluding carboxylic acids is 1. The van der Waals surface area contributed by atoms with E-state index in [0.29, 0.717) is 17.9 Å². The standard InChI is InChI=1S/C19H17NO3/c1-13-10-15(17-8-3-4-9-18(17)20-13)12-23-16-7-5-6-14(11-16)19(21)22-2/h3-11H,12H2,1-2H3. The minimum absolute atomic E-state index is 0.374. The van der Waals surface area contributed by atoms with Gasteiger partial charge in [-0.2, -0.15) is 0 Å². The van der Waals surface area contributed by atoms with Crippen LogP contribution in [0, 0.1) is 6.92 Å². The molecule has 0 N–H and O–H groups in total. The number of aryl methyl sites for hydroxylation is 1. The van der Waals surface area contributed by atoms with Gasteiger partial charge in [0.1, 0.15) is 12.4 Å². The van der Waals surface area contributed by atoms with Crippen molar-refractivity contribution in [3.8, 4) is 5.75 Å². The largest absolute Gasteiger partial charge is 0.489 e. The molecule has 4 heteroatoms. The Bertz CT molecular complexity index is 858. The second-order valence-corrected chi connectivity index (χ2v) is 5.25. The molecule has 4 nitrogen and oxygen atoms in total. The van der Waals surface area contributed by atoms with E-state index in [9.17, 15) is 4.79 Å². The molecule has 0 unspecified atom stereocenters. The Kier molecular flexibility index (Phi) is 4.24. The molecule has 0 aliphatic rings. The number of ether oxygens (including phenoxy) is 2. The summed E-state index contributed by atoms with van der Waals surface area (Å²) in [5.74, 6) is 0.257. The summed E-state index contributed by atoms with van der Waals surface area (Å²) in [6.45, 7) is 2.38. The number of nitrogens with zero attached hydrogens (tertiary/aromatic N) is 1. The molecule has 0 radical (unpaired) electrons. The van der Waals surface area contributed by atoms with E-state index in [4.69, 9.17) is 9.47 Å². The lowest BCUT2D eigenvalue weighted by molar-refractivity contribution is 0.0600. The van der Waals surface area contributed by atoms with Crippen LogP contribution < -0.4 is 4.74 Å². The molecular weight excluding hydrogens is 290 g/mol. The number of fused-ring (bicyclic) bond motifs is 1. The van der Waals surface area contributed by atoms with Crippen LogP contribution in [0.1, 0.15) is 21.6 Å². The van der Waals surface area contributed by atoms with Crippen molar-refractivity contribution in [1.29, 1.82) is 0 Å². The van der Waals surface area contributed by atoms with Crippen LogP contribution in [-0.2, 0) is 11.3 Å². The van der Waals surface area contributed by atoms with Crippen LogP contribution in [0.25, 0.3) is 10.9 Å². The zero-order valence-electron chi connectivity index (χ0n) is 13.1. The molecule has 116 valence electrons. The summed E-state index contributed by atoms with van der Waals surface area (Å²) in [6, 6.07) is 17.0. The summed E-state index contributed by atoms with van der Waals surface area (Å²) in [5, 5.41) is 1.07. The lowest BCUT2D eigenvalue weighted by Crippen LogP contribution is -2.02. The Labute approximate surface area is 134 Å². The van der Waals surface area contributed by atoms with Crippen LogP contribution in [0.15, 0.2) is 54.6 Å². The van der Waals surface area contributed by atoms with E-state index in [2.05, 4.69) is 4.98 Å². The van der Waals surface area contributed by atoms with Gasteiger partial charge in [0.15, 0.2) is 0 Å². The maximum Gasteiger partial charge on any atom is 0.337 e. The molecule has 0 bridgehead atoms. The van der Waals surface area contributed by atoms with Crippen LogP contribution >= 0.6 is 0 Å². The topological polar surface area (TPSA) is 48.4 Å². The first-order valence-corrected chi connectivity index (χ1v) is 7.34. The molecule has 0 aliphatic heterocycles. The third kappa shape index (κ3) is 3.31. The van der Waals surface area contributed by atoms with Crippen molar-refractivity contribution in [2.45, 2.75) is 13.5 Å². The van der Waals surface area contributed by atoms with Gasteiger partial charge in [0.25, 0.3) is 0 Å². The number of para-hydroxylation sites is 1. The summed E-state index contributed by atoms with van der Waals surface area (Å²) < 4.78 is 10.6. The van der Waals surface area contributed by atoms with Gasteiger partial charge in [-0.3, -0.25) is 4.98 Å². The molecular formula is C19H17NO3. The van der Waals surface area contributed by atoms with E-state index >= 15 is 0 Å². The van der Waals surface area contributed by atoms with Gasteiger partial charge < -0.3 is 9.47 Å². The lowest BCUT2D eigenvalue weighted by Gasteiger charge is -2.10. The highest BCUT2D eigenvalue weighted by atomic mass is 16.5. The van der Waals surface area contributed by atoms with E-state index in [0.717, 1.165) is 22.2 Å². The number of hydrogen-bond acceptors (Lipinski definition) is 4. The number of esters is 1. The molecule has 3 rings (SSSR count). The molecule has 0 aliphatic carbocycles. The first-order chi connectivity index (χ1) is 11.2. The van der Waals surface area contributed by atoms with E-state index in [1.165, 1.54) is 7.11 Å². The summed E-state index contributed by atoms with van der Waals surface area (Å²) in [4.78, 5) is 16.1. The van der Waals surface area contributed by atoms with E-state index in [-0.39, 0.29) is 5.97 Å². The molecule has 0 atom stereocenters. The molecule has 23 heavy (non-hydrogen) atoms. The maximum atomic E-state index is 11.6. The van der Waals surface area contributed by atoms with Crippen molar-refractivity contribution in [2.75, 3.05) is 7.11 Å². The quantitative estimate of drug-likeness (QED) is 0.686. The average Bonchev–Trinajstić information content (AvgIpc) is 2.59. The van der Waals surface area contributed by atoms with E-state index in [1.807, 2.05) is 43.3 Å². The Balaban J connectivity index is 1.85. The van der Waals surface area contributed by atoms with Gasteiger partial charge in [-0.1, -0.05) is 24.3 Å². The minimum Gasteiger partial charge on any atom is -0.489 e. The summed E-state index contributed by atoms with van der Waals surface area (Å²) >= 11 is 0. The second kappa shape index (κ2) is 6.48. The number of pyridine rings is 1. The van der Waals surface area contributed by atoms with Crippen LogP contribution in [-0.4, -0.2) is 18.1 Å². The molecule has 2 aromatic carbocycles. The normalized spacial score (nSPS) is 10.5. The number of carbonyl (C=O) groups is 1. The second-order valence-electron chi connectivity index (χ2n) is 5.25. The van der Waals surface area contributed by atoms with Gasteiger partial charge in [-0.25, -0.2) is 4.79 Å². The Morgan fingerprint density at radius 2 is 1.91 bits per heavy atom. The highest BCUT2D eigenvalue weighted by Gasteiger charge is 2.08. The highest BCUT2D eigenvalue weighted by Crippen LogP contribution is 2.21.